The molecule has 0 aliphatic carbocycles. The Labute approximate surface area is 194 Å². The molecule has 1 amide bonds. The minimum absolute atomic E-state index is 0.0739. The molecule has 4 rings (SSSR count). The number of rotatable bonds is 7. The van der Waals surface area contributed by atoms with Gasteiger partial charge in [0.05, 0.1) is 17.7 Å². The van der Waals surface area contributed by atoms with Gasteiger partial charge in [0.25, 0.3) is 15.9 Å². The first-order chi connectivity index (χ1) is 15.9. The number of nitrogens with zero attached hydrogens (tertiary/aromatic N) is 2. The number of ether oxygens (including phenoxy) is 1. The third kappa shape index (κ3) is 4.96. The van der Waals surface area contributed by atoms with Crippen LogP contribution < -0.4 is 14.4 Å². The van der Waals surface area contributed by atoms with E-state index in [1.54, 1.807) is 48.4 Å². The van der Waals surface area contributed by atoms with Crippen molar-refractivity contribution in [3.05, 3.63) is 84.4 Å². The molecule has 0 aromatic heterocycles. The minimum atomic E-state index is -3.83. The van der Waals surface area contributed by atoms with Crippen molar-refractivity contribution in [3.8, 4) is 5.75 Å². The van der Waals surface area contributed by atoms with Crippen LogP contribution in [0.2, 0.25) is 0 Å². The quantitative estimate of drug-likeness (QED) is 0.574. The zero-order valence-electron chi connectivity index (χ0n) is 18.6. The molecule has 0 spiro atoms. The SMILES string of the molecule is COc1ccc(N(C)S(=O)(=O)c2cccc(C(=O)N3CCC(Nc4ccccc4)C3)c2)cc1. The second-order valence-electron chi connectivity index (χ2n) is 7.95. The van der Waals surface area contributed by atoms with Gasteiger partial charge in [0.15, 0.2) is 0 Å². The molecular weight excluding hydrogens is 438 g/mol. The number of likely N-dealkylation sites (tertiary alicyclic amines) is 1. The first-order valence-electron chi connectivity index (χ1n) is 10.7. The number of benzene rings is 3. The maximum Gasteiger partial charge on any atom is 0.264 e. The van der Waals surface area contributed by atoms with Crippen molar-refractivity contribution in [3.63, 3.8) is 0 Å². The molecule has 172 valence electrons. The Hall–Kier alpha value is -3.52. The molecule has 1 fully saturated rings. The zero-order valence-corrected chi connectivity index (χ0v) is 19.5. The summed E-state index contributed by atoms with van der Waals surface area (Å²) in [4.78, 5) is 14.9. The van der Waals surface area contributed by atoms with E-state index in [2.05, 4.69) is 5.32 Å². The van der Waals surface area contributed by atoms with E-state index in [-0.39, 0.29) is 16.8 Å². The smallest absolute Gasteiger partial charge is 0.264 e. The van der Waals surface area contributed by atoms with Gasteiger partial charge in [0.2, 0.25) is 0 Å². The third-order valence-corrected chi connectivity index (χ3v) is 7.58. The van der Waals surface area contributed by atoms with Gasteiger partial charge in [0, 0.05) is 37.4 Å². The van der Waals surface area contributed by atoms with Crippen molar-refractivity contribution in [1.82, 2.24) is 4.90 Å². The van der Waals surface area contributed by atoms with E-state index in [1.165, 1.54) is 23.5 Å². The Kier molecular flexibility index (Phi) is 6.55. The molecule has 0 radical (unpaired) electrons. The number of para-hydroxylation sites is 1. The van der Waals surface area contributed by atoms with Gasteiger partial charge in [-0.15, -0.1) is 0 Å². The van der Waals surface area contributed by atoms with Crippen molar-refractivity contribution < 1.29 is 17.9 Å². The topological polar surface area (TPSA) is 79.0 Å². The predicted octanol–water partition coefficient (Wildman–Crippen LogP) is 3.85. The summed E-state index contributed by atoms with van der Waals surface area (Å²) in [6.07, 6.45) is 0.832. The fourth-order valence-electron chi connectivity index (χ4n) is 3.89. The molecule has 3 aromatic carbocycles. The van der Waals surface area contributed by atoms with Crippen molar-refractivity contribution >= 4 is 27.3 Å². The highest BCUT2D eigenvalue weighted by Gasteiger charge is 2.28. The summed E-state index contributed by atoms with van der Waals surface area (Å²) in [5, 5.41) is 3.45. The standard InChI is InChI=1S/C25H27N3O4S/c1-27(22-11-13-23(32-2)14-12-22)33(30,31)24-10-6-7-19(17-24)25(29)28-16-15-21(18-28)26-20-8-4-3-5-9-20/h3-14,17,21,26H,15-16,18H2,1-2H3. The van der Waals surface area contributed by atoms with Gasteiger partial charge in [-0.3, -0.25) is 9.10 Å². The fraction of sp³-hybridized carbons (Fsp3) is 0.240. The molecule has 0 bridgehead atoms. The number of carbonyl (C=O) groups excluding carboxylic acids is 1. The van der Waals surface area contributed by atoms with Crippen LogP contribution >= 0.6 is 0 Å². The Balaban J connectivity index is 1.48. The van der Waals surface area contributed by atoms with Gasteiger partial charge >= 0.3 is 0 Å². The minimum Gasteiger partial charge on any atom is -0.497 e. The lowest BCUT2D eigenvalue weighted by Gasteiger charge is -2.21. The summed E-state index contributed by atoms with van der Waals surface area (Å²) in [7, 11) is -0.787. The van der Waals surface area contributed by atoms with Crippen LogP contribution in [0.3, 0.4) is 0 Å². The molecule has 1 heterocycles. The molecule has 33 heavy (non-hydrogen) atoms. The molecular formula is C25H27N3O4S. The third-order valence-electron chi connectivity index (χ3n) is 5.80. The maximum absolute atomic E-state index is 13.2. The van der Waals surface area contributed by atoms with Gasteiger partial charge in [-0.05, 0) is 61.0 Å². The van der Waals surface area contributed by atoms with E-state index in [0.29, 0.717) is 30.1 Å². The lowest BCUT2D eigenvalue weighted by atomic mass is 10.2. The lowest BCUT2D eigenvalue weighted by Crippen LogP contribution is -2.32. The van der Waals surface area contributed by atoms with Gasteiger partial charge in [-0.1, -0.05) is 24.3 Å². The van der Waals surface area contributed by atoms with E-state index >= 15 is 0 Å². The number of amides is 1. The van der Waals surface area contributed by atoms with Crippen LogP contribution in [-0.2, 0) is 10.0 Å². The highest BCUT2D eigenvalue weighted by molar-refractivity contribution is 7.92. The number of anilines is 2. The van der Waals surface area contributed by atoms with Gasteiger partial charge < -0.3 is 15.0 Å². The number of hydrogen-bond acceptors (Lipinski definition) is 5. The molecule has 1 aliphatic rings. The van der Waals surface area contributed by atoms with E-state index in [0.717, 1.165) is 12.1 Å². The van der Waals surface area contributed by atoms with Crippen molar-refractivity contribution in [2.45, 2.75) is 17.4 Å². The molecule has 8 heteroatoms. The van der Waals surface area contributed by atoms with Crippen molar-refractivity contribution in [2.75, 3.05) is 36.9 Å². The number of nitrogens with one attached hydrogen (secondary N) is 1. The average molecular weight is 466 g/mol. The zero-order chi connectivity index (χ0) is 23.4. The molecule has 1 saturated heterocycles. The molecule has 0 saturated carbocycles. The molecule has 3 aromatic rings. The highest BCUT2D eigenvalue weighted by atomic mass is 32.2. The molecule has 1 aliphatic heterocycles. The largest absolute Gasteiger partial charge is 0.497 e. The van der Waals surface area contributed by atoms with Crippen LogP contribution in [0, 0.1) is 0 Å². The fourth-order valence-corrected chi connectivity index (χ4v) is 5.14. The normalized spacial score (nSPS) is 15.8. The van der Waals surface area contributed by atoms with Crippen LogP contribution in [0.5, 0.6) is 5.75 Å². The summed E-state index contributed by atoms with van der Waals surface area (Å²) in [6.45, 7) is 1.18. The number of hydrogen-bond donors (Lipinski definition) is 1. The molecule has 7 nitrogen and oxygen atoms in total. The van der Waals surface area contributed by atoms with Crippen molar-refractivity contribution in [1.29, 1.82) is 0 Å². The summed E-state index contributed by atoms with van der Waals surface area (Å²) in [5.41, 5.74) is 1.88. The first kappa shape index (κ1) is 22.7. The maximum atomic E-state index is 13.2. The predicted molar refractivity (Wildman–Crippen MR) is 129 cm³/mol. The van der Waals surface area contributed by atoms with Crippen LogP contribution in [0.15, 0.2) is 83.8 Å². The first-order valence-corrected chi connectivity index (χ1v) is 12.2. The summed E-state index contributed by atoms with van der Waals surface area (Å²) in [6, 6.07) is 23.0. The average Bonchev–Trinajstić information content (AvgIpc) is 3.32. The number of sulfonamides is 1. The summed E-state index contributed by atoms with van der Waals surface area (Å²) >= 11 is 0. The van der Waals surface area contributed by atoms with E-state index in [4.69, 9.17) is 4.74 Å². The Morgan fingerprint density at radius 1 is 1.03 bits per heavy atom. The monoisotopic (exact) mass is 465 g/mol. The molecule has 1 unspecified atom stereocenters. The van der Waals surface area contributed by atoms with E-state index in [9.17, 15) is 13.2 Å². The van der Waals surface area contributed by atoms with Gasteiger partial charge in [0.1, 0.15) is 5.75 Å². The van der Waals surface area contributed by atoms with Gasteiger partial charge in [-0.25, -0.2) is 8.42 Å². The highest BCUT2D eigenvalue weighted by Crippen LogP contribution is 2.25. The van der Waals surface area contributed by atoms with E-state index < -0.39 is 10.0 Å². The Morgan fingerprint density at radius 3 is 2.45 bits per heavy atom. The van der Waals surface area contributed by atoms with Crippen LogP contribution in [0.1, 0.15) is 16.8 Å². The van der Waals surface area contributed by atoms with Crippen LogP contribution in [0.4, 0.5) is 11.4 Å². The van der Waals surface area contributed by atoms with E-state index in [1.807, 2.05) is 30.3 Å². The van der Waals surface area contributed by atoms with Crippen molar-refractivity contribution in [2.24, 2.45) is 0 Å². The lowest BCUT2D eigenvalue weighted by molar-refractivity contribution is 0.0791. The molecule has 1 N–H and O–H groups in total. The molecule has 1 atom stereocenters. The Morgan fingerprint density at radius 2 is 1.76 bits per heavy atom. The summed E-state index contributed by atoms with van der Waals surface area (Å²) in [5.74, 6) is 0.472. The van der Waals surface area contributed by atoms with Crippen LogP contribution in [0.25, 0.3) is 0 Å². The number of carbonyl (C=O) groups is 1. The summed E-state index contributed by atoms with van der Waals surface area (Å²) < 4.78 is 32.7. The van der Waals surface area contributed by atoms with Crippen LogP contribution in [-0.4, -0.2) is 52.5 Å². The second kappa shape index (κ2) is 9.54. The second-order valence-corrected chi connectivity index (χ2v) is 9.91. The van der Waals surface area contributed by atoms with Gasteiger partial charge in [-0.2, -0.15) is 0 Å². The Bertz CT molecular complexity index is 1210. The number of methoxy groups -OCH3 is 1.